The van der Waals surface area contributed by atoms with Crippen LogP contribution in [0.4, 0.5) is 5.69 Å². The molecule has 0 saturated carbocycles. The highest BCUT2D eigenvalue weighted by Crippen LogP contribution is 2.27. The summed E-state index contributed by atoms with van der Waals surface area (Å²) in [6.45, 7) is 3.08. The van der Waals surface area contributed by atoms with Gasteiger partial charge in [0, 0.05) is 41.8 Å². The highest BCUT2D eigenvalue weighted by atomic mass is 35.5. The zero-order valence-corrected chi connectivity index (χ0v) is 22.3. The largest absolute Gasteiger partial charge is 0.361 e. The molecule has 4 aromatic rings. The van der Waals surface area contributed by atoms with Crippen molar-refractivity contribution in [2.45, 2.75) is 39.0 Å². The summed E-state index contributed by atoms with van der Waals surface area (Å²) in [4.78, 5) is 29.8. The number of fused-ring (bicyclic) bond motifs is 1. The highest BCUT2D eigenvalue weighted by molar-refractivity contribution is 6.32. The summed E-state index contributed by atoms with van der Waals surface area (Å²) >= 11 is 6.03. The minimum atomic E-state index is -0.555. The van der Waals surface area contributed by atoms with Crippen LogP contribution in [0.2, 0.25) is 5.02 Å². The average molecular weight is 530 g/mol. The van der Waals surface area contributed by atoms with E-state index in [-0.39, 0.29) is 22.2 Å². The van der Waals surface area contributed by atoms with Gasteiger partial charge < -0.3 is 9.88 Å². The quantitative estimate of drug-likeness (QED) is 0.114. The summed E-state index contributed by atoms with van der Waals surface area (Å²) in [6.07, 6.45) is 8.93. The Morgan fingerprint density at radius 3 is 2.58 bits per heavy atom. The van der Waals surface area contributed by atoms with E-state index in [2.05, 4.69) is 36.2 Å². The molecule has 0 bridgehead atoms. The molecule has 0 fully saturated rings. The van der Waals surface area contributed by atoms with Crippen molar-refractivity contribution < 1.29 is 9.72 Å². The number of aromatic amines is 1. The summed E-state index contributed by atoms with van der Waals surface area (Å²) in [5.41, 5.74) is 4.41. The van der Waals surface area contributed by atoms with Crippen molar-refractivity contribution in [3.05, 3.63) is 116 Å². The summed E-state index contributed by atoms with van der Waals surface area (Å²) < 4.78 is 0. The lowest BCUT2D eigenvalue weighted by Gasteiger charge is -2.25. The maximum atomic E-state index is 13.8. The molecule has 0 radical (unpaired) electrons. The predicted molar refractivity (Wildman–Crippen MR) is 155 cm³/mol. The van der Waals surface area contributed by atoms with Crippen LogP contribution in [0.3, 0.4) is 0 Å². The van der Waals surface area contributed by atoms with Crippen molar-refractivity contribution in [3.63, 3.8) is 0 Å². The Labute approximate surface area is 228 Å². The first-order valence-corrected chi connectivity index (χ1v) is 13.4. The Bertz CT molecular complexity index is 1430. The first-order chi connectivity index (χ1) is 18.5. The summed E-state index contributed by atoms with van der Waals surface area (Å²) in [6, 6.07) is 22.5. The summed E-state index contributed by atoms with van der Waals surface area (Å²) in [7, 11) is 0. The maximum absolute atomic E-state index is 13.8. The second-order valence-corrected chi connectivity index (χ2v) is 9.84. The van der Waals surface area contributed by atoms with Crippen LogP contribution >= 0.6 is 11.6 Å². The zero-order valence-electron chi connectivity index (χ0n) is 21.5. The molecule has 7 heteroatoms. The van der Waals surface area contributed by atoms with Gasteiger partial charge in [-0.05, 0) is 48.6 Å². The van der Waals surface area contributed by atoms with Gasteiger partial charge in [0.2, 0.25) is 0 Å². The van der Waals surface area contributed by atoms with Crippen molar-refractivity contribution in [1.29, 1.82) is 0 Å². The van der Waals surface area contributed by atoms with Crippen LogP contribution in [-0.4, -0.2) is 33.8 Å². The normalized spacial score (nSPS) is 11.6. The van der Waals surface area contributed by atoms with Crippen LogP contribution < -0.4 is 0 Å². The lowest BCUT2D eigenvalue weighted by atomic mass is 10.0. The van der Waals surface area contributed by atoms with E-state index in [1.807, 2.05) is 42.6 Å². The standard InChI is InChI=1S/C31H32ClN3O3/c1-2-3-5-12-24(19-23-10-6-4-7-11-23)22-34(18-17-26-21-33-29-14-9-8-13-27(26)29)31(36)25-15-16-28(32)30(20-25)35(37)38/h4,6-11,13-16,19-21,33H,2-3,5,12,17-18,22H2,1H3. The van der Waals surface area contributed by atoms with Gasteiger partial charge in [0.05, 0.1) is 4.92 Å². The highest BCUT2D eigenvalue weighted by Gasteiger charge is 2.22. The van der Waals surface area contributed by atoms with E-state index in [1.165, 1.54) is 12.1 Å². The Hall–Kier alpha value is -3.90. The number of carbonyl (C=O) groups is 1. The molecule has 196 valence electrons. The van der Waals surface area contributed by atoms with Crippen LogP contribution in [-0.2, 0) is 6.42 Å². The van der Waals surface area contributed by atoms with Gasteiger partial charge in [-0.25, -0.2) is 0 Å². The molecule has 0 aliphatic heterocycles. The number of hydrogen-bond acceptors (Lipinski definition) is 3. The number of hydrogen-bond donors (Lipinski definition) is 1. The molecule has 0 aliphatic carbocycles. The SMILES string of the molecule is CCCCCC(=Cc1ccccc1)CN(CCc1c[nH]c2ccccc12)C(=O)c1ccc(Cl)c([N+](=O)[O-])c1. The fraction of sp³-hybridized carbons (Fsp3) is 0.258. The van der Waals surface area contributed by atoms with Crippen molar-refractivity contribution in [2.24, 2.45) is 0 Å². The van der Waals surface area contributed by atoms with Gasteiger partial charge in [-0.3, -0.25) is 14.9 Å². The van der Waals surface area contributed by atoms with Gasteiger partial charge >= 0.3 is 0 Å². The predicted octanol–water partition coefficient (Wildman–Crippen LogP) is 8.08. The molecule has 1 heterocycles. The van der Waals surface area contributed by atoms with Crippen molar-refractivity contribution in [3.8, 4) is 0 Å². The topological polar surface area (TPSA) is 79.2 Å². The first kappa shape index (κ1) is 27.1. The number of rotatable bonds is 12. The number of amides is 1. The number of nitro benzene ring substituents is 1. The number of unbranched alkanes of at least 4 members (excludes halogenated alkanes) is 2. The van der Waals surface area contributed by atoms with Gasteiger partial charge in [0.1, 0.15) is 5.02 Å². The van der Waals surface area contributed by atoms with E-state index in [0.29, 0.717) is 19.5 Å². The Morgan fingerprint density at radius 2 is 1.82 bits per heavy atom. The molecule has 38 heavy (non-hydrogen) atoms. The number of nitrogens with one attached hydrogen (secondary N) is 1. The maximum Gasteiger partial charge on any atom is 0.288 e. The molecule has 1 aromatic heterocycles. The van der Waals surface area contributed by atoms with Gasteiger partial charge in [-0.2, -0.15) is 0 Å². The number of nitrogens with zero attached hydrogens (tertiary/aromatic N) is 2. The fourth-order valence-corrected chi connectivity index (χ4v) is 4.83. The molecule has 0 aliphatic rings. The molecule has 0 spiro atoms. The minimum Gasteiger partial charge on any atom is -0.361 e. The monoisotopic (exact) mass is 529 g/mol. The summed E-state index contributed by atoms with van der Waals surface area (Å²) in [5.74, 6) is -0.251. The third kappa shape index (κ3) is 6.90. The van der Waals surface area contributed by atoms with Crippen molar-refractivity contribution in [1.82, 2.24) is 9.88 Å². The molecule has 1 amide bonds. The third-order valence-electron chi connectivity index (χ3n) is 6.67. The second kappa shape index (κ2) is 13.1. The molecule has 0 saturated heterocycles. The van der Waals surface area contributed by atoms with Crippen molar-refractivity contribution >= 4 is 40.2 Å². The molecular formula is C31H32ClN3O3. The average Bonchev–Trinajstić information content (AvgIpc) is 3.34. The van der Waals surface area contributed by atoms with Crippen LogP contribution in [0.15, 0.2) is 84.6 Å². The smallest absolute Gasteiger partial charge is 0.288 e. The van der Waals surface area contributed by atoms with E-state index in [9.17, 15) is 14.9 Å². The number of benzene rings is 3. The third-order valence-corrected chi connectivity index (χ3v) is 6.99. The second-order valence-electron chi connectivity index (χ2n) is 9.43. The van der Waals surface area contributed by atoms with E-state index >= 15 is 0 Å². The fourth-order valence-electron chi connectivity index (χ4n) is 4.64. The zero-order chi connectivity index (χ0) is 26.9. The minimum absolute atomic E-state index is 0.0149. The first-order valence-electron chi connectivity index (χ1n) is 13.0. The van der Waals surface area contributed by atoms with E-state index < -0.39 is 4.92 Å². The molecular weight excluding hydrogens is 498 g/mol. The van der Waals surface area contributed by atoms with Crippen molar-refractivity contribution in [2.75, 3.05) is 13.1 Å². The molecule has 0 atom stereocenters. The lowest BCUT2D eigenvalue weighted by Crippen LogP contribution is -2.34. The Kier molecular flexibility index (Phi) is 9.33. The van der Waals surface area contributed by atoms with E-state index in [0.717, 1.165) is 53.3 Å². The molecule has 0 unspecified atom stereocenters. The number of halogens is 1. The van der Waals surface area contributed by atoms with Crippen LogP contribution in [0.1, 0.15) is 54.1 Å². The molecule has 6 nitrogen and oxygen atoms in total. The van der Waals surface area contributed by atoms with E-state index in [1.54, 1.807) is 11.0 Å². The number of nitro groups is 1. The van der Waals surface area contributed by atoms with Gasteiger partial charge in [-0.15, -0.1) is 0 Å². The Balaban J connectivity index is 1.65. The van der Waals surface area contributed by atoms with Crippen LogP contribution in [0, 0.1) is 10.1 Å². The number of carbonyl (C=O) groups excluding carboxylic acids is 1. The lowest BCUT2D eigenvalue weighted by molar-refractivity contribution is -0.384. The molecule has 3 aromatic carbocycles. The van der Waals surface area contributed by atoms with Gasteiger partial charge in [0.15, 0.2) is 0 Å². The Morgan fingerprint density at radius 1 is 1.05 bits per heavy atom. The van der Waals surface area contributed by atoms with Crippen LogP contribution in [0.5, 0.6) is 0 Å². The molecule has 1 N–H and O–H groups in total. The molecule has 4 rings (SSSR count). The summed E-state index contributed by atoms with van der Waals surface area (Å²) in [5, 5.41) is 12.6. The van der Waals surface area contributed by atoms with E-state index in [4.69, 9.17) is 11.6 Å². The van der Waals surface area contributed by atoms with Gasteiger partial charge in [-0.1, -0.05) is 91.5 Å². The number of para-hydroxylation sites is 1. The van der Waals surface area contributed by atoms with Gasteiger partial charge in [0.25, 0.3) is 11.6 Å². The van der Waals surface area contributed by atoms with Crippen LogP contribution in [0.25, 0.3) is 17.0 Å². The number of H-pyrrole nitrogens is 1. The number of aromatic nitrogens is 1.